The number of nitrogens with zero attached hydrogens (tertiary/aromatic N) is 2. The highest BCUT2D eigenvalue weighted by atomic mass is 16.1. The molecule has 0 aromatic heterocycles. The van der Waals surface area contributed by atoms with Gasteiger partial charge in [-0.15, -0.1) is 0 Å². The molecule has 1 unspecified atom stereocenters. The van der Waals surface area contributed by atoms with Gasteiger partial charge in [-0.2, -0.15) is 5.26 Å². The predicted octanol–water partition coefficient (Wildman–Crippen LogP) is 1.36. The van der Waals surface area contributed by atoms with Crippen molar-refractivity contribution in [1.29, 1.82) is 5.26 Å². The standard InChI is InChI=1S/C14H19N3O/c1-3-16-14(18)11-17(2)10-13(9-15)12-7-5-4-6-8-12/h4-8,13H,3,10-11H2,1-2H3,(H,16,18). The van der Waals surface area contributed by atoms with Crippen LogP contribution in [0.4, 0.5) is 0 Å². The summed E-state index contributed by atoms with van der Waals surface area (Å²) in [5.74, 6) is -0.213. The topological polar surface area (TPSA) is 56.1 Å². The molecular formula is C14H19N3O. The molecule has 4 nitrogen and oxygen atoms in total. The molecule has 1 aromatic rings. The first-order chi connectivity index (χ1) is 8.67. The third kappa shape index (κ3) is 4.56. The van der Waals surface area contributed by atoms with Crippen molar-refractivity contribution < 1.29 is 4.79 Å². The zero-order valence-corrected chi connectivity index (χ0v) is 10.9. The first-order valence-electron chi connectivity index (χ1n) is 6.07. The van der Waals surface area contributed by atoms with Gasteiger partial charge < -0.3 is 5.32 Å². The Morgan fingerprint density at radius 2 is 2.11 bits per heavy atom. The summed E-state index contributed by atoms with van der Waals surface area (Å²) in [6.07, 6.45) is 0. The van der Waals surface area contributed by atoms with E-state index in [4.69, 9.17) is 0 Å². The summed E-state index contributed by atoms with van der Waals surface area (Å²) in [7, 11) is 1.85. The first-order valence-corrected chi connectivity index (χ1v) is 6.07. The Kier molecular flexibility index (Phi) is 5.89. The van der Waals surface area contributed by atoms with Crippen molar-refractivity contribution in [2.24, 2.45) is 0 Å². The van der Waals surface area contributed by atoms with Crippen LogP contribution in [0.15, 0.2) is 30.3 Å². The third-order valence-electron chi connectivity index (χ3n) is 2.64. The number of carbonyl (C=O) groups is 1. The van der Waals surface area contributed by atoms with E-state index < -0.39 is 0 Å². The number of rotatable bonds is 6. The first kappa shape index (κ1) is 14.2. The fourth-order valence-electron chi connectivity index (χ4n) is 1.78. The molecule has 0 radical (unpaired) electrons. The van der Waals surface area contributed by atoms with Crippen LogP contribution in [-0.2, 0) is 4.79 Å². The van der Waals surface area contributed by atoms with Gasteiger partial charge in [0.1, 0.15) is 0 Å². The van der Waals surface area contributed by atoms with Crippen LogP contribution < -0.4 is 5.32 Å². The van der Waals surface area contributed by atoms with E-state index in [0.29, 0.717) is 19.6 Å². The SMILES string of the molecule is CCNC(=O)CN(C)CC(C#N)c1ccccc1. The number of carbonyl (C=O) groups excluding carboxylic acids is 1. The van der Waals surface area contributed by atoms with E-state index in [0.717, 1.165) is 5.56 Å². The Labute approximate surface area is 108 Å². The highest BCUT2D eigenvalue weighted by molar-refractivity contribution is 5.77. The lowest BCUT2D eigenvalue weighted by molar-refractivity contribution is -0.121. The number of hydrogen-bond donors (Lipinski definition) is 1. The van der Waals surface area contributed by atoms with Gasteiger partial charge in [-0.25, -0.2) is 0 Å². The second kappa shape index (κ2) is 7.46. The van der Waals surface area contributed by atoms with E-state index in [-0.39, 0.29) is 11.8 Å². The van der Waals surface area contributed by atoms with Crippen LogP contribution in [0, 0.1) is 11.3 Å². The van der Waals surface area contributed by atoms with Crippen LogP contribution >= 0.6 is 0 Å². The summed E-state index contributed by atoms with van der Waals surface area (Å²) < 4.78 is 0. The Morgan fingerprint density at radius 1 is 1.44 bits per heavy atom. The van der Waals surface area contributed by atoms with Gasteiger partial charge in [0.05, 0.1) is 18.5 Å². The Bertz CT molecular complexity index is 411. The zero-order valence-electron chi connectivity index (χ0n) is 10.9. The maximum absolute atomic E-state index is 11.4. The van der Waals surface area contributed by atoms with Crippen LogP contribution in [0.1, 0.15) is 18.4 Å². The molecule has 0 spiro atoms. The second-order valence-corrected chi connectivity index (χ2v) is 4.24. The molecule has 1 amide bonds. The predicted molar refractivity (Wildman–Crippen MR) is 71.0 cm³/mol. The highest BCUT2D eigenvalue weighted by Gasteiger charge is 2.14. The average Bonchev–Trinajstić information content (AvgIpc) is 2.37. The maximum Gasteiger partial charge on any atom is 0.234 e. The van der Waals surface area contributed by atoms with E-state index in [1.54, 1.807) is 0 Å². The van der Waals surface area contributed by atoms with Crippen molar-refractivity contribution in [1.82, 2.24) is 10.2 Å². The Balaban J connectivity index is 2.54. The fraction of sp³-hybridized carbons (Fsp3) is 0.429. The van der Waals surface area contributed by atoms with E-state index in [9.17, 15) is 10.1 Å². The normalized spacial score (nSPS) is 11.9. The van der Waals surface area contributed by atoms with Gasteiger partial charge in [-0.3, -0.25) is 9.69 Å². The van der Waals surface area contributed by atoms with Gasteiger partial charge in [-0.1, -0.05) is 30.3 Å². The minimum Gasteiger partial charge on any atom is -0.355 e. The van der Waals surface area contributed by atoms with Crippen LogP contribution in [0.5, 0.6) is 0 Å². The van der Waals surface area contributed by atoms with Crippen LogP contribution in [0.3, 0.4) is 0 Å². The Hall–Kier alpha value is -1.86. The quantitative estimate of drug-likeness (QED) is 0.823. The van der Waals surface area contributed by atoms with Crippen molar-refractivity contribution >= 4 is 5.91 Å². The molecule has 1 N–H and O–H groups in total. The highest BCUT2D eigenvalue weighted by Crippen LogP contribution is 2.15. The molecule has 0 aliphatic heterocycles. The number of likely N-dealkylation sites (N-methyl/N-ethyl adjacent to an activating group) is 2. The van der Waals surface area contributed by atoms with Gasteiger partial charge in [-0.05, 0) is 19.5 Å². The van der Waals surface area contributed by atoms with Crippen LogP contribution in [0.2, 0.25) is 0 Å². The molecular weight excluding hydrogens is 226 g/mol. The smallest absolute Gasteiger partial charge is 0.234 e. The van der Waals surface area contributed by atoms with Crippen molar-refractivity contribution in [3.8, 4) is 6.07 Å². The van der Waals surface area contributed by atoms with Crippen LogP contribution in [-0.4, -0.2) is 37.5 Å². The lowest BCUT2D eigenvalue weighted by Crippen LogP contribution is -2.36. The molecule has 18 heavy (non-hydrogen) atoms. The van der Waals surface area contributed by atoms with Gasteiger partial charge in [0.15, 0.2) is 0 Å². The van der Waals surface area contributed by atoms with E-state index in [1.165, 1.54) is 0 Å². The molecule has 0 saturated heterocycles. The molecule has 0 heterocycles. The molecule has 0 bridgehead atoms. The van der Waals surface area contributed by atoms with Crippen LogP contribution in [0.25, 0.3) is 0 Å². The summed E-state index contributed by atoms with van der Waals surface area (Å²) in [6, 6.07) is 11.9. The second-order valence-electron chi connectivity index (χ2n) is 4.24. The molecule has 0 aliphatic rings. The number of nitriles is 1. The molecule has 1 aromatic carbocycles. The summed E-state index contributed by atoms with van der Waals surface area (Å²) in [6.45, 7) is 3.39. The lowest BCUT2D eigenvalue weighted by atomic mass is 10.0. The molecule has 96 valence electrons. The van der Waals surface area contributed by atoms with Crippen molar-refractivity contribution in [3.05, 3.63) is 35.9 Å². The van der Waals surface area contributed by atoms with Gasteiger partial charge in [0.25, 0.3) is 0 Å². The Morgan fingerprint density at radius 3 is 2.67 bits per heavy atom. The minimum atomic E-state index is -0.203. The fourth-order valence-corrected chi connectivity index (χ4v) is 1.78. The lowest BCUT2D eigenvalue weighted by Gasteiger charge is -2.19. The minimum absolute atomic E-state index is 0.00949. The van der Waals surface area contributed by atoms with Crippen molar-refractivity contribution in [2.45, 2.75) is 12.8 Å². The maximum atomic E-state index is 11.4. The summed E-state index contributed by atoms with van der Waals surface area (Å²) in [5, 5.41) is 11.9. The van der Waals surface area contributed by atoms with Gasteiger partial charge in [0.2, 0.25) is 5.91 Å². The molecule has 0 aliphatic carbocycles. The van der Waals surface area contributed by atoms with E-state index in [2.05, 4.69) is 11.4 Å². The van der Waals surface area contributed by atoms with Gasteiger partial charge >= 0.3 is 0 Å². The number of benzene rings is 1. The largest absolute Gasteiger partial charge is 0.355 e. The number of hydrogen-bond acceptors (Lipinski definition) is 3. The summed E-state index contributed by atoms with van der Waals surface area (Å²) >= 11 is 0. The molecule has 4 heteroatoms. The molecule has 1 atom stereocenters. The van der Waals surface area contributed by atoms with E-state index in [1.807, 2.05) is 49.2 Å². The van der Waals surface area contributed by atoms with Crippen molar-refractivity contribution in [2.75, 3.05) is 26.7 Å². The molecule has 0 saturated carbocycles. The number of nitrogens with one attached hydrogen (secondary N) is 1. The summed E-state index contributed by atoms with van der Waals surface area (Å²) in [4.78, 5) is 13.3. The average molecular weight is 245 g/mol. The zero-order chi connectivity index (χ0) is 13.4. The number of amides is 1. The van der Waals surface area contributed by atoms with E-state index >= 15 is 0 Å². The molecule has 1 rings (SSSR count). The molecule has 0 fully saturated rings. The summed E-state index contributed by atoms with van der Waals surface area (Å²) in [5.41, 5.74) is 0.989. The van der Waals surface area contributed by atoms with Crippen molar-refractivity contribution in [3.63, 3.8) is 0 Å². The third-order valence-corrected chi connectivity index (χ3v) is 2.64. The van der Waals surface area contributed by atoms with Gasteiger partial charge in [0, 0.05) is 13.1 Å². The monoisotopic (exact) mass is 245 g/mol.